The molecular formula is C23H19N3O. The molecular weight excluding hydrogens is 334 g/mol. The lowest BCUT2D eigenvalue weighted by Gasteiger charge is -2.06. The second kappa shape index (κ2) is 5.61. The van der Waals surface area contributed by atoms with Gasteiger partial charge in [-0.25, -0.2) is 4.98 Å². The molecule has 4 aromatic heterocycles. The van der Waals surface area contributed by atoms with Crippen molar-refractivity contribution in [3.63, 3.8) is 0 Å². The largest absolute Gasteiger partial charge is 0.453 e. The number of aryl methyl sites for hydroxylation is 4. The molecule has 0 radical (unpaired) electrons. The third-order valence-electron chi connectivity index (χ3n) is 4.44. The van der Waals surface area contributed by atoms with Crippen LogP contribution in [0.15, 0.2) is 47.0 Å². The van der Waals surface area contributed by atoms with Crippen LogP contribution in [0.5, 0.6) is 0 Å². The summed E-state index contributed by atoms with van der Waals surface area (Å²) in [6.07, 6.45) is 0.915. The van der Waals surface area contributed by atoms with Gasteiger partial charge in [0, 0.05) is 39.3 Å². The Labute approximate surface area is 173 Å². The molecule has 132 valence electrons. The van der Waals surface area contributed by atoms with Crippen molar-refractivity contribution in [2.75, 3.05) is 0 Å². The Morgan fingerprint density at radius 3 is 2.70 bits per heavy atom. The molecule has 1 aromatic carbocycles. The molecule has 5 aromatic rings. The first-order chi connectivity index (χ1) is 17.9. The van der Waals surface area contributed by atoms with E-state index in [4.69, 9.17) is 20.9 Å². The minimum Gasteiger partial charge on any atom is -0.453 e. The van der Waals surface area contributed by atoms with Crippen LogP contribution >= 0.6 is 0 Å². The smallest absolute Gasteiger partial charge is 0.163 e. The molecule has 4 heterocycles. The topological polar surface area (TPSA) is 51.8 Å². The van der Waals surface area contributed by atoms with E-state index in [1.807, 2.05) is 0 Å². The normalized spacial score (nSPS) is 20.1. The quantitative estimate of drug-likeness (QED) is 0.375. The number of para-hydroxylation sites is 1. The second-order valence-electron chi connectivity index (χ2n) is 6.13. The zero-order valence-corrected chi connectivity index (χ0v) is 13.8. The number of fused-ring (bicyclic) bond motifs is 5. The third-order valence-corrected chi connectivity index (χ3v) is 4.44. The van der Waals surface area contributed by atoms with Gasteiger partial charge in [0.2, 0.25) is 0 Å². The van der Waals surface area contributed by atoms with Gasteiger partial charge in [0.25, 0.3) is 0 Å². The van der Waals surface area contributed by atoms with Gasteiger partial charge in [-0.1, -0.05) is 12.1 Å². The van der Waals surface area contributed by atoms with Crippen LogP contribution in [-0.2, 0) is 0 Å². The van der Waals surface area contributed by atoms with E-state index >= 15 is 0 Å². The molecule has 0 saturated carbocycles. The Morgan fingerprint density at radius 1 is 0.926 bits per heavy atom. The predicted molar refractivity (Wildman–Crippen MR) is 109 cm³/mol. The number of hydrogen-bond acceptors (Lipinski definition) is 4. The predicted octanol–water partition coefficient (Wildman–Crippen LogP) is 5.82. The van der Waals surface area contributed by atoms with Crippen LogP contribution in [-0.4, -0.2) is 15.0 Å². The van der Waals surface area contributed by atoms with E-state index in [0.29, 0.717) is 10.9 Å². The first-order valence-electron chi connectivity index (χ1n) is 14.1. The fourth-order valence-electron chi connectivity index (χ4n) is 3.21. The van der Waals surface area contributed by atoms with Crippen molar-refractivity contribution >= 4 is 33.0 Å². The summed E-state index contributed by atoms with van der Waals surface area (Å²) in [7, 11) is 0. The van der Waals surface area contributed by atoms with Crippen LogP contribution in [0.3, 0.4) is 0 Å². The summed E-state index contributed by atoms with van der Waals surface area (Å²) in [6, 6.07) is 8.86. The summed E-state index contributed by atoms with van der Waals surface area (Å²) < 4.78 is 101. The molecule has 0 bridgehead atoms. The molecule has 0 aliphatic carbocycles. The van der Waals surface area contributed by atoms with E-state index in [0.717, 1.165) is 18.3 Å². The average Bonchev–Trinajstić information content (AvgIpc) is 3.20. The van der Waals surface area contributed by atoms with Crippen molar-refractivity contribution in [1.82, 2.24) is 15.0 Å². The average molecular weight is 365 g/mol. The fraction of sp³-hybridized carbons (Fsp3) is 0.174. The van der Waals surface area contributed by atoms with Gasteiger partial charge in [0.15, 0.2) is 5.58 Å². The van der Waals surface area contributed by atoms with Gasteiger partial charge in [-0.15, -0.1) is 0 Å². The van der Waals surface area contributed by atoms with Crippen molar-refractivity contribution in [1.29, 1.82) is 0 Å². The van der Waals surface area contributed by atoms with Crippen LogP contribution in [0.25, 0.3) is 44.2 Å². The van der Waals surface area contributed by atoms with Crippen molar-refractivity contribution in [2.45, 2.75) is 27.4 Å². The third kappa shape index (κ3) is 2.33. The zero-order valence-electron chi connectivity index (χ0n) is 25.8. The zero-order chi connectivity index (χ0) is 28.7. The van der Waals surface area contributed by atoms with E-state index in [1.54, 1.807) is 24.3 Å². The molecule has 0 aliphatic heterocycles. The number of pyridine rings is 3. The minimum absolute atomic E-state index is 0.00508. The van der Waals surface area contributed by atoms with E-state index in [2.05, 4.69) is 15.0 Å². The molecule has 0 N–H and O–H groups in total. The van der Waals surface area contributed by atoms with Gasteiger partial charge in [-0.3, -0.25) is 9.97 Å². The molecule has 0 spiro atoms. The maximum absolute atomic E-state index is 8.08. The van der Waals surface area contributed by atoms with Crippen LogP contribution in [0, 0.1) is 27.4 Å². The highest BCUT2D eigenvalue weighted by Gasteiger charge is 2.19. The molecule has 0 atom stereocenters. The fourth-order valence-corrected chi connectivity index (χ4v) is 3.21. The lowest BCUT2D eigenvalue weighted by atomic mass is 10.0. The van der Waals surface area contributed by atoms with Crippen molar-refractivity contribution in [2.24, 2.45) is 0 Å². The first-order valence-corrected chi connectivity index (χ1v) is 8.06. The van der Waals surface area contributed by atoms with Gasteiger partial charge in [-0.05, 0) is 62.8 Å². The number of furan rings is 1. The number of benzene rings is 1. The van der Waals surface area contributed by atoms with Crippen LogP contribution in [0.2, 0.25) is 0 Å². The molecule has 0 aliphatic rings. The van der Waals surface area contributed by atoms with Gasteiger partial charge in [0.1, 0.15) is 11.1 Å². The van der Waals surface area contributed by atoms with Crippen molar-refractivity contribution in [3.8, 4) is 11.3 Å². The number of hydrogen-bond donors (Lipinski definition) is 0. The Morgan fingerprint density at radius 2 is 1.85 bits per heavy atom. The van der Waals surface area contributed by atoms with E-state index in [-0.39, 0.29) is 39.0 Å². The molecule has 0 unspecified atom stereocenters. The van der Waals surface area contributed by atoms with Crippen LogP contribution in [0.4, 0.5) is 0 Å². The highest BCUT2D eigenvalue weighted by Crippen LogP contribution is 2.38. The van der Waals surface area contributed by atoms with E-state index in [1.165, 1.54) is 0 Å². The Bertz CT molecular complexity index is 1760. The van der Waals surface area contributed by atoms with Gasteiger partial charge >= 0.3 is 0 Å². The molecule has 4 heteroatoms. The van der Waals surface area contributed by atoms with Crippen LogP contribution in [0.1, 0.15) is 39.0 Å². The number of nitrogens with zero attached hydrogens (tertiary/aromatic N) is 3. The first kappa shape index (κ1) is 7.77. The lowest BCUT2D eigenvalue weighted by molar-refractivity contribution is 0.672. The maximum atomic E-state index is 8.08. The van der Waals surface area contributed by atoms with E-state index in [9.17, 15) is 0 Å². The summed E-state index contributed by atoms with van der Waals surface area (Å²) >= 11 is 0. The SMILES string of the molecule is [2H]C([2H])([2H])c1cc(-c2cc(C([2H])([2H])[2H])c(C([2H])([2H])[2H])cn2)c2oc3c4ccccc4nc(C([2H])([2H])[2H])c3c2n1. The monoisotopic (exact) mass is 365 g/mol. The summed E-state index contributed by atoms with van der Waals surface area (Å²) in [5.74, 6) is 0. The van der Waals surface area contributed by atoms with Gasteiger partial charge < -0.3 is 4.42 Å². The Balaban J connectivity index is 1.97. The molecule has 0 amide bonds. The Hall–Kier alpha value is -3.27. The standard InChI is InChI=1S/C23H19N3O/c1-12-9-19(24-11-13(12)2)17-10-14(3)25-21-20-15(4)26-18-8-6-5-7-16(18)22(20)27-23(17)21/h5-11H,1-4H3/i1D3,2D3,3D3,4D3. The molecule has 27 heavy (non-hydrogen) atoms. The second-order valence-corrected chi connectivity index (χ2v) is 6.13. The van der Waals surface area contributed by atoms with Crippen molar-refractivity contribution < 1.29 is 20.9 Å². The van der Waals surface area contributed by atoms with Gasteiger partial charge in [0.05, 0.1) is 22.3 Å². The summed E-state index contributed by atoms with van der Waals surface area (Å²) in [4.78, 5) is 12.7. The highest BCUT2D eigenvalue weighted by atomic mass is 16.3. The van der Waals surface area contributed by atoms with Gasteiger partial charge in [-0.2, -0.15) is 0 Å². The summed E-state index contributed by atoms with van der Waals surface area (Å²) in [6.45, 7) is -11.1. The van der Waals surface area contributed by atoms with Crippen LogP contribution < -0.4 is 0 Å². The minimum atomic E-state index is -2.83. The lowest BCUT2D eigenvalue weighted by Crippen LogP contribution is -1.92. The highest BCUT2D eigenvalue weighted by molar-refractivity contribution is 6.15. The Kier molecular flexibility index (Phi) is 1.61. The number of aromatic nitrogens is 3. The van der Waals surface area contributed by atoms with Crippen molar-refractivity contribution in [3.05, 3.63) is 65.1 Å². The molecule has 0 fully saturated rings. The maximum Gasteiger partial charge on any atom is 0.163 e. The molecule has 4 nitrogen and oxygen atoms in total. The number of rotatable bonds is 1. The molecule has 5 rings (SSSR count). The summed E-state index contributed by atoms with van der Waals surface area (Å²) in [5, 5.41) is 0.444. The summed E-state index contributed by atoms with van der Waals surface area (Å²) in [5.41, 5.74) is -1.52. The van der Waals surface area contributed by atoms with E-state index < -0.39 is 44.2 Å². The molecule has 0 saturated heterocycles.